The first-order valence-electron chi connectivity index (χ1n) is 6.83. The molecular formula is C14H24N2O3S. The molecule has 0 radical (unpaired) electrons. The van der Waals surface area contributed by atoms with Gasteiger partial charge in [-0.3, -0.25) is 4.31 Å². The van der Waals surface area contributed by atoms with Crippen molar-refractivity contribution in [1.29, 1.82) is 0 Å². The van der Waals surface area contributed by atoms with Crippen molar-refractivity contribution in [2.75, 3.05) is 37.3 Å². The Morgan fingerprint density at radius 1 is 1.25 bits per heavy atom. The Hall–Kier alpha value is -1.27. The number of sulfonamides is 1. The standard InChI is InChI=1S/C14H24N2O3S/c1-4-10-15-11-7-12-20(17,18)16(2)13-8-5-6-9-14(13)19-3/h5-6,8-9,15H,4,7,10-12H2,1-3H3. The highest BCUT2D eigenvalue weighted by Crippen LogP contribution is 2.28. The van der Waals surface area contributed by atoms with E-state index in [1.165, 1.54) is 11.4 Å². The van der Waals surface area contributed by atoms with Crippen molar-refractivity contribution in [3.8, 4) is 5.75 Å². The van der Waals surface area contributed by atoms with Gasteiger partial charge < -0.3 is 10.1 Å². The summed E-state index contributed by atoms with van der Waals surface area (Å²) in [4.78, 5) is 0. The van der Waals surface area contributed by atoms with Gasteiger partial charge in [0.1, 0.15) is 5.75 Å². The SMILES string of the molecule is CCCNCCCS(=O)(=O)N(C)c1ccccc1OC. The van der Waals surface area contributed by atoms with Crippen LogP contribution >= 0.6 is 0 Å². The zero-order chi connectivity index (χ0) is 15.0. The van der Waals surface area contributed by atoms with Crippen LogP contribution in [0.15, 0.2) is 24.3 Å². The molecular weight excluding hydrogens is 276 g/mol. The molecule has 0 aliphatic rings. The van der Waals surface area contributed by atoms with Gasteiger partial charge in [0, 0.05) is 7.05 Å². The third kappa shape index (κ3) is 4.68. The van der Waals surface area contributed by atoms with Crippen LogP contribution in [0.3, 0.4) is 0 Å². The lowest BCUT2D eigenvalue weighted by Crippen LogP contribution is -2.30. The number of nitrogens with one attached hydrogen (secondary N) is 1. The van der Waals surface area contributed by atoms with Crippen LogP contribution < -0.4 is 14.4 Å². The van der Waals surface area contributed by atoms with E-state index in [0.29, 0.717) is 24.4 Å². The Morgan fingerprint density at radius 3 is 2.60 bits per heavy atom. The first-order valence-corrected chi connectivity index (χ1v) is 8.44. The lowest BCUT2D eigenvalue weighted by atomic mass is 10.3. The van der Waals surface area contributed by atoms with Gasteiger partial charge in [0.25, 0.3) is 0 Å². The molecule has 0 saturated heterocycles. The Bertz CT molecular complexity index is 503. The van der Waals surface area contributed by atoms with Crippen molar-refractivity contribution < 1.29 is 13.2 Å². The van der Waals surface area contributed by atoms with Crippen LogP contribution in [0.1, 0.15) is 19.8 Å². The van der Waals surface area contributed by atoms with Crippen LogP contribution in [0.25, 0.3) is 0 Å². The van der Waals surface area contributed by atoms with E-state index in [1.54, 1.807) is 25.2 Å². The lowest BCUT2D eigenvalue weighted by Gasteiger charge is -2.21. The largest absolute Gasteiger partial charge is 0.495 e. The van der Waals surface area contributed by atoms with Crippen molar-refractivity contribution in [3.63, 3.8) is 0 Å². The maximum Gasteiger partial charge on any atom is 0.235 e. The molecule has 0 aliphatic heterocycles. The zero-order valence-electron chi connectivity index (χ0n) is 12.4. The Balaban J connectivity index is 2.67. The number of hydrogen-bond donors (Lipinski definition) is 1. The summed E-state index contributed by atoms with van der Waals surface area (Å²) in [5.41, 5.74) is 0.566. The summed E-state index contributed by atoms with van der Waals surface area (Å²) in [5.74, 6) is 0.681. The first-order chi connectivity index (χ1) is 9.53. The maximum absolute atomic E-state index is 12.3. The highest BCUT2D eigenvalue weighted by Gasteiger charge is 2.20. The molecule has 0 spiro atoms. The number of nitrogens with zero attached hydrogens (tertiary/aromatic N) is 1. The van der Waals surface area contributed by atoms with Crippen LogP contribution in [0.4, 0.5) is 5.69 Å². The zero-order valence-corrected chi connectivity index (χ0v) is 13.2. The molecule has 0 atom stereocenters. The minimum Gasteiger partial charge on any atom is -0.495 e. The second-order valence-electron chi connectivity index (χ2n) is 4.56. The highest BCUT2D eigenvalue weighted by atomic mass is 32.2. The molecule has 1 aromatic carbocycles. The van der Waals surface area contributed by atoms with Gasteiger partial charge >= 0.3 is 0 Å². The molecule has 0 bridgehead atoms. The van der Waals surface area contributed by atoms with E-state index < -0.39 is 10.0 Å². The molecule has 0 aromatic heterocycles. The van der Waals surface area contributed by atoms with Gasteiger partial charge in [-0.15, -0.1) is 0 Å². The van der Waals surface area contributed by atoms with E-state index in [1.807, 2.05) is 6.07 Å². The van der Waals surface area contributed by atoms with Crippen LogP contribution in [-0.4, -0.2) is 41.4 Å². The Kier molecular flexibility index (Phi) is 6.81. The number of hydrogen-bond acceptors (Lipinski definition) is 4. The van der Waals surface area contributed by atoms with E-state index in [9.17, 15) is 8.42 Å². The second-order valence-corrected chi connectivity index (χ2v) is 6.68. The summed E-state index contributed by atoms with van der Waals surface area (Å²) in [6.07, 6.45) is 1.65. The molecule has 0 fully saturated rings. The van der Waals surface area contributed by atoms with E-state index in [4.69, 9.17) is 4.74 Å². The second kappa shape index (κ2) is 8.11. The monoisotopic (exact) mass is 300 g/mol. The number of methoxy groups -OCH3 is 1. The highest BCUT2D eigenvalue weighted by molar-refractivity contribution is 7.92. The minimum absolute atomic E-state index is 0.123. The first kappa shape index (κ1) is 16.8. The maximum atomic E-state index is 12.3. The van der Waals surface area contributed by atoms with E-state index >= 15 is 0 Å². The lowest BCUT2D eigenvalue weighted by molar-refractivity contribution is 0.416. The summed E-state index contributed by atoms with van der Waals surface area (Å²) >= 11 is 0. The van der Waals surface area contributed by atoms with Gasteiger partial charge in [0.15, 0.2) is 0 Å². The number of para-hydroxylation sites is 2. The molecule has 6 heteroatoms. The molecule has 5 nitrogen and oxygen atoms in total. The molecule has 0 aliphatic carbocycles. The Morgan fingerprint density at radius 2 is 1.95 bits per heavy atom. The molecule has 1 N–H and O–H groups in total. The number of rotatable bonds is 9. The number of ether oxygens (including phenoxy) is 1. The predicted octanol–water partition coefficient (Wildman–Crippen LogP) is 1.85. The fourth-order valence-electron chi connectivity index (χ4n) is 1.86. The predicted molar refractivity (Wildman–Crippen MR) is 83.0 cm³/mol. The fourth-order valence-corrected chi connectivity index (χ4v) is 3.09. The third-order valence-corrected chi connectivity index (χ3v) is 4.86. The van der Waals surface area contributed by atoms with Gasteiger partial charge in [-0.2, -0.15) is 0 Å². The molecule has 0 heterocycles. The average molecular weight is 300 g/mol. The van der Waals surface area contributed by atoms with Crippen LogP contribution in [0.5, 0.6) is 5.75 Å². The van der Waals surface area contributed by atoms with Crippen LogP contribution in [-0.2, 0) is 10.0 Å². The van der Waals surface area contributed by atoms with E-state index in [-0.39, 0.29) is 5.75 Å². The molecule has 20 heavy (non-hydrogen) atoms. The molecule has 0 amide bonds. The summed E-state index contributed by atoms with van der Waals surface area (Å²) in [5, 5.41) is 3.20. The van der Waals surface area contributed by atoms with Gasteiger partial charge in [-0.05, 0) is 38.1 Å². The third-order valence-electron chi connectivity index (χ3n) is 3.02. The smallest absolute Gasteiger partial charge is 0.235 e. The van der Waals surface area contributed by atoms with Gasteiger partial charge in [0.2, 0.25) is 10.0 Å². The summed E-state index contributed by atoms with van der Waals surface area (Å²) in [6.45, 7) is 3.72. The molecule has 0 saturated carbocycles. The van der Waals surface area contributed by atoms with Gasteiger partial charge in [-0.1, -0.05) is 19.1 Å². The number of anilines is 1. The van der Waals surface area contributed by atoms with E-state index in [0.717, 1.165) is 13.0 Å². The molecule has 114 valence electrons. The molecule has 1 rings (SSSR count). The molecule has 0 unspecified atom stereocenters. The summed E-state index contributed by atoms with van der Waals surface area (Å²) in [6, 6.07) is 7.11. The van der Waals surface area contributed by atoms with Crippen molar-refractivity contribution in [2.45, 2.75) is 19.8 Å². The van der Waals surface area contributed by atoms with Crippen LogP contribution in [0.2, 0.25) is 0 Å². The summed E-state index contributed by atoms with van der Waals surface area (Å²) < 4.78 is 31.0. The van der Waals surface area contributed by atoms with Crippen molar-refractivity contribution in [3.05, 3.63) is 24.3 Å². The normalized spacial score (nSPS) is 11.3. The topological polar surface area (TPSA) is 58.6 Å². The Labute approximate surface area is 122 Å². The van der Waals surface area contributed by atoms with Crippen molar-refractivity contribution >= 4 is 15.7 Å². The summed E-state index contributed by atoms with van der Waals surface area (Å²) in [7, 11) is -0.222. The average Bonchev–Trinajstić information content (AvgIpc) is 2.46. The fraction of sp³-hybridized carbons (Fsp3) is 0.571. The van der Waals surface area contributed by atoms with Crippen molar-refractivity contribution in [2.24, 2.45) is 0 Å². The minimum atomic E-state index is -3.32. The quantitative estimate of drug-likeness (QED) is 0.707. The van der Waals surface area contributed by atoms with E-state index in [2.05, 4.69) is 12.2 Å². The van der Waals surface area contributed by atoms with Crippen molar-refractivity contribution in [1.82, 2.24) is 5.32 Å². The number of benzene rings is 1. The van der Waals surface area contributed by atoms with Gasteiger partial charge in [-0.25, -0.2) is 8.42 Å². The van der Waals surface area contributed by atoms with Crippen LogP contribution in [0, 0.1) is 0 Å². The molecule has 1 aromatic rings. The van der Waals surface area contributed by atoms with Gasteiger partial charge in [0.05, 0.1) is 18.6 Å².